The minimum atomic E-state index is -4.34. The molecule has 1 aliphatic rings. The van der Waals surface area contributed by atoms with Crippen LogP contribution in [0.4, 0.5) is 18.9 Å². The van der Waals surface area contributed by atoms with E-state index in [0.717, 1.165) is 11.6 Å². The van der Waals surface area contributed by atoms with Crippen molar-refractivity contribution in [2.24, 2.45) is 11.7 Å². The third-order valence-electron chi connectivity index (χ3n) is 3.77. The van der Waals surface area contributed by atoms with Crippen molar-refractivity contribution < 1.29 is 18.0 Å². The van der Waals surface area contributed by atoms with Gasteiger partial charge in [-0.05, 0) is 37.5 Å². The quantitative estimate of drug-likeness (QED) is 0.908. The minimum absolute atomic E-state index is 0.169. The second-order valence-corrected chi connectivity index (χ2v) is 5.16. The van der Waals surface area contributed by atoms with Crippen molar-refractivity contribution >= 4 is 11.6 Å². The van der Waals surface area contributed by atoms with E-state index in [1.54, 1.807) is 6.92 Å². The first-order chi connectivity index (χ1) is 9.29. The van der Waals surface area contributed by atoms with Crippen molar-refractivity contribution in [1.82, 2.24) is 0 Å². The highest BCUT2D eigenvalue weighted by atomic mass is 19.4. The lowest BCUT2D eigenvalue weighted by Gasteiger charge is -2.33. The number of amides is 1. The van der Waals surface area contributed by atoms with Crippen molar-refractivity contribution in [3.05, 3.63) is 29.3 Å². The Bertz CT molecular complexity index is 506. The molecule has 110 valence electrons. The third-order valence-corrected chi connectivity index (χ3v) is 3.77. The molecule has 1 fully saturated rings. The minimum Gasteiger partial charge on any atom is -0.371 e. The van der Waals surface area contributed by atoms with Gasteiger partial charge in [0.25, 0.3) is 0 Å². The van der Waals surface area contributed by atoms with Gasteiger partial charge in [0.05, 0.1) is 5.56 Å². The van der Waals surface area contributed by atoms with Gasteiger partial charge < -0.3 is 10.6 Å². The number of carbonyl (C=O) groups excluding carboxylic acids is 1. The van der Waals surface area contributed by atoms with Crippen molar-refractivity contribution in [2.45, 2.75) is 25.9 Å². The Hall–Kier alpha value is -1.72. The van der Waals surface area contributed by atoms with Gasteiger partial charge in [0, 0.05) is 24.7 Å². The van der Waals surface area contributed by atoms with Crippen LogP contribution in [0.2, 0.25) is 0 Å². The largest absolute Gasteiger partial charge is 0.416 e. The highest BCUT2D eigenvalue weighted by molar-refractivity contribution is 5.77. The normalized spacial score (nSPS) is 17.3. The van der Waals surface area contributed by atoms with E-state index in [-0.39, 0.29) is 11.8 Å². The first-order valence-corrected chi connectivity index (χ1v) is 6.51. The van der Waals surface area contributed by atoms with Crippen LogP contribution in [0.3, 0.4) is 0 Å². The molecule has 0 radical (unpaired) electrons. The van der Waals surface area contributed by atoms with Crippen LogP contribution in [0.15, 0.2) is 18.2 Å². The SMILES string of the molecule is Cc1ccc(C(F)(F)F)cc1N1CCC(C(N)=O)CC1. The summed E-state index contributed by atoms with van der Waals surface area (Å²) in [7, 11) is 0. The molecule has 1 heterocycles. The number of alkyl halides is 3. The Morgan fingerprint density at radius 2 is 1.90 bits per heavy atom. The standard InChI is InChI=1S/C14H17F3N2O/c1-9-2-3-11(14(15,16)17)8-12(9)19-6-4-10(5-7-19)13(18)20/h2-3,8,10H,4-7H2,1H3,(H2,18,20). The van der Waals surface area contributed by atoms with Gasteiger partial charge in [-0.1, -0.05) is 6.07 Å². The lowest BCUT2D eigenvalue weighted by atomic mass is 9.95. The highest BCUT2D eigenvalue weighted by Gasteiger charge is 2.32. The number of nitrogens with two attached hydrogens (primary N) is 1. The lowest BCUT2D eigenvalue weighted by molar-refractivity contribution is -0.137. The molecule has 3 nitrogen and oxygen atoms in total. The van der Waals surface area contributed by atoms with Gasteiger partial charge in [-0.2, -0.15) is 13.2 Å². The molecule has 2 rings (SSSR count). The molecule has 0 unspecified atom stereocenters. The maximum absolute atomic E-state index is 12.8. The van der Waals surface area contributed by atoms with Gasteiger partial charge in [0.15, 0.2) is 0 Å². The fraction of sp³-hybridized carbons (Fsp3) is 0.500. The van der Waals surface area contributed by atoms with Crippen LogP contribution in [-0.4, -0.2) is 19.0 Å². The molecular formula is C14H17F3N2O. The summed E-state index contributed by atoms with van der Waals surface area (Å²) in [5, 5.41) is 0. The number of hydrogen-bond donors (Lipinski definition) is 1. The van der Waals surface area contributed by atoms with Crippen LogP contribution in [0.25, 0.3) is 0 Å². The second kappa shape index (κ2) is 5.34. The van der Waals surface area contributed by atoms with E-state index in [4.69, 9.17) is 5.73 Å². The van der Waals surface area contributed by atoms with E-state index in [1.165, 1.54) is 12.1 Å². The average molecular weight is 286 g/mol. The zero-order valence-corrected chi connectivity index (χ0v) is 11.2. The number of halogens is 3. The van der Waals surface area contributed by atoms with E-state index < -0.39 is 11.7 Å². The molecule has 0 spiro atoms. The fourth-order valence-electron chi connectivity index (χ4n) is 2.53. The first-order valence-electron chi connectivity index (χ1n) is 6.51. The number of rotatable bonds is 2. The number of nitrogens with zero attached hydrogens (tertiary/aromatic N) is 1. The van der Waals surface area contributed by atoms with Crippen LogP contribution in [0.5, 0.6) is 0 Å². The van der Waals surface area contributed by atoms with Crippen LogP contribution in [0, 0.1) is 12.8 Å². The van der Waals surface area contributed by atoms with E-state index in [2.05, 4.69) is 0 Å². The van der Waals surface area contributed by atoms with Crippen LogP contribution < -0.4 is 10.6 Å². The molecule has 2 N–H and O–H groups in total. The predicted molar refractivity (Wildman–Crippen MR) is 70.3 cm³/mol. The van der Waals surface area contributed by atoms with Gasteiger partial charge in [-0.25, -0.2) is 0 Å². The van der Waals surface area contributed by atoms with E-state index >= 15 is 0 Å². The maximum Gasteiger partial charge on any atom is 0.416 e. The summed E-state index contributed by atoms with van der Waals surface area (Å²) < 4.78 is 38.3. The average Bonchev–Trinajstić information content (AvgIpc) is 2.38. The summed E-state index contributed by atoms with van der Waals surface area (Å²) in [6.45, 7) is 2.89. The van der Waals surface area contributed by atoms with Gasteiger partial charge >= 0.3 is 6.18 Å². The Labute approximate surface area is 115 Å². The van der Waals surface area contributed by atoms with Crippen LogP contribution in [0.1, 0.15) is 24.0 Å². The summed E-state index contributed by atoms with van der Waals surface area (Å²) >= 11 is 0. The summed E-state index contributed by atoms with van der Waals surface area (Å²) in [6.07, 6.45) is -3.16. The lowest BCUT2D eigenvalue weighted by Crippen LogP contribution is -2.38. The molecule has 1 saturated heterocycles. The third kappa shape index (κ3) is 3.05. The molecule has 20 heavy (non-hydrogen) atoms. The smallest absolute Gasteiger partial charge is 0.371 e. The Morgan fingerprint density at radius 1 is 1.30 bits per heavy atom. The Kier molecular flexibility index (Phi) is 3.92. The van der Waals surface area contributed by atoms with Crippen LogP contribution in [-0.2, 0) is 11.0 Å². The van der Waals surface area contributed by atoms with E-state index in [1.807, 2.05) is 4.90 Å². The van der Waals surface area contributed by atoms with E-state index in [0.29, 0.717) is 31.6 Å². The maximum atomic E-state index is 12.8. The Balaban J connectivity index is 2.19. The summed E-state index contributed by atoms with van der Waals surface area (Å²) in [6, 6.07) is 3.76. The van der Waals surface area contributed by atoms with Gasteiger partial charge in [0.1, 0.15) is 0 Å². The predicted octanol–water partition coefficient (Wildman–Crippen LogP) is 2.72. The van der Waals surface area contributed by atoms with Crippen molar-refractivity contribution in [3.8, 4) is 0 Å². The van der Waals surface area contributed by atoms with Crippen molar-refractivity contribution in [2.75, 3.05) is 18.0 Å². The number of piperidine rings is 1. The highest BCUT2D eigenvalue weighted by Crippen LogP contribution is 2.34. The number of primary amides is 1. The molecule has 0 bridgehead atoms. The fourth-order valence-corrected chi connectivity index (χ4v) is 2.53. The van der Waals surface area contributed by atoms with Crippen molar-refractivity contribution in [3.63, 3.8) is 0 Å². The summed E-state index contributed by atoms with van der Waals surface area (Å²) in [5.41, 5.74) is 6.00. The number of aryl methyl sites for hydroxylation is 1. The number of anilines is 1. The molecule has 1 aliphatic heterocycles. The van der Waals surface area contributed by atoms with Crippen LogP contribution >= 0.6 is 0 Å². The zero-order chi connectivity index (χ0) is 14.9. The van der Waals surface area contributed by atoms with E-state index in [9.17, 15) is 18.0 Å². The number of benzene rings is 1. The van der Waals surface area contributed by atoms with Crippen molar-refractivity contribution in [1.29, 1.82) is 0 Å². The van der Waals surface area contributed by atoms with Gasteiger partial charge in [0.2, 0.25) is 5.91 Å². The zero-order valence-electron chi connectivity index (χ0n) is 11.2. The summed E-state index contributed by atoms with van der Waals surface area (Å²) in [4.78, 5) is 13.0. The summed E-state index contributed by atoms with van der Waals surface area (Å²) in [5.74, 6) is -0.497. The monoisotopic (exact) mass is 286 g/mol. The number of hydrogen-bond acceptors (Lipinski definition) is 2. The van der Waals surface area contributed by atoms with Gasteiger partial charge in [-0.15, -0.1) is 0 Å². The molecule has 0 aliphatic carbocycles. The topological polar surface area (TPSA) is 46.3 Å². The molecule has 0 saturated carbocycles. The molecule has 1 aromatic carbocycles. The van der Waals surface area contributed by atoms with Gasteiger partial charge in [-0.3, -0.25) is 4.79 Å². The number of carbonyl (C=O) groups is 1. The second-order valence-electron chi connectivity index (χ2n) is 5.16. The first kappa shape index (κ1) is 14.7. The Morgan fingerprint density at radius 3 is 2.40 bits per heavy atom. The molecule has 1 aromatic rings. The molecule has 6 heteroatoms. The molecule has 1 amide bonds. The molecule has 0 aromatic heterocycles. The molecular weight excluding hydrogens is 269 g/mol. The molecule has 0 atom stereocenters.